The van der Waals surface area contributed by atoms with Crippen LogP contribution < -0.4 is 4.74 Å². The van der Waals surface area contributed by atoms with E-state index in [9.17, 15) is 20.0 Å². The fraction of sp³-hybridized carbons (Fsp3) is 0.0625. The van der Waals surface area contributed by atoms with Crippen molar-refractivity contribution in [3.05, 3.63) is 69.8 Å². The van der Waals surface area contributed by atoms with Gasteiger partial charge in [-0.2, -0.15) is 0 Å². The Morgan fingerprint density at radius 1 is 1.27 bits per heavy atom. The molecule has 0 aliphatic carbocycles. The smallest absolute Gasteiger partial charge is 0.270 e. The lowest BCUT2D eigenvalue weighted by Gasteiger charge is -2.03. The maximum absolute atomic E-state index is 12.0. The third-order valence-electron chi connectivity index (χ3n) is 2.97. The number of aromatic hydroxyl groups is 1. The molecular formula is C16H13NO5. The molecule has 6 heteroatoms. The summed E-state index contributed by atoms with van der Waals surface area (Å²) in [5, 5.41) is 20.2. The molecule has 1 N–H and O–H groups in total. The summed E-state index contributed by atoms with van der Waals surface area (Å²) in [7, 11) is 1.43. The number of nitro groups is 1. The van der Waals surface area contributed by atoms with Gasteiger partial charge in [0.1, 0.15) is 0 Å². The zero-order chi connectivity index (χ0) is 16.1. The van der Waals surface area contributed by atoms with Crippen molar-refractivity contribution in [2.24, 2.45) is 0 Å². The molecule has 112 valence electrons. The lowest BCUT2D eigenvalue weighted by Crippen LogP contribution is -1.96. The summed E-state index contributed by atoms with van der Waals surface area (Å²) in [5.74, 6) is -0.0506. The highest BCUT2D eigenvalue weighted by Crippen LogP contribution is 2.26. The van der Waals surface area contributed by atoms with Crippen molar-refractivity contribution < 1.29 is 19.6 Å². The molecule has 2 rings (SSSR count). The molecule has 0 saturated carbocycles. The number of allylic oxidation sites excluding steroid dienone is 1. The zero-order valence-corrected chi connectivity index (χ0v) is 11.7. The Labute approximate surface area is 126 Å². The number of nitrogens with zero attached hydrogens (tertiary/aromatic N) is 1. The Balaban J connectivity index is 2.21. The standard InChI is InChI=1S/C16H13NO5/c1-22-16-9-11(6-8-15(16)19)5-7-14(18)12-3-2-4-13(10-12)17(20)21/h2-10,19H,1H3/b7-5-. The maximum atomic E-state index is 12.0. The first kappa shape index (κ1) is 15.2. The SMILES string of the molecule is COc1cc(/C=C\C(=O)c2cccc([N+](=O)[O-])c2)ccc1O. The Morgan fingerprint density at radius 3 is 2.73 bits per heavy atom. The molecule has 2 aromatic carbocycles. The van der Waals surface area contributed by atoms with Gasteiger partial charge in [0.15, 0.2) is 17.3 Å². The molecular weight excluding hydrogens is 286 g/mol. The number of phenolic OH excluding ortho intramolecular Hbond substituents is 1. The first-order valence-electron chi connectivity index (χ1n) is 6.35. The maximum Gasteiger partial charge on any atom is 0.270 e. The highest BCUT2D eigenvalue weighted by Gasteiger charge is 2.09. The van der Waals surface area contributed by atoms with Crippen LogP contribution in [0, 0.1) is 10.1 Å². The van der Waals surface area contributed by atoms with E-state index in [-0.39, 0.29) is 22.8 Å². The van der Waals surface area contributed by atoms with E-state index in [0.717, 1.165) is 0 Å². The Bertz CT molecular complexity index is 752. The fourth-order valence-electron chi connectivity index (χ4n) is 1.84. The van der Waals surface area contributed by atoms with E-state index in [1.54, 1.807) is 18.2 Å². The summed E-state index contributed by atoms with van der Waals surface area (Å²) in [6, 6.07) is 10.2. The van der Waals surface area contributed by atoms with E-state index in [0.29, 0.717) is 11.3 Å². The van der Waals surface area contributed by atoms with Crippen LogP contribution in [-0.4, -0.2) is 22.9 Å². The van der Waals surface area contributed by atoms with Gasteiger partial charge in [-0.05, 0) is 23.8 Å². The summed E-state index contributed by atoms with van der Waals surface area (Å²) < 4.78 is 4.98. The predicted molar refractivity (Wildman–Crippen MR) is 81.1 cm³/mol. The number of ketones is 1. The summed E-state index contributed by atoms with van der Waals surface area (Å²) in [5.41, 5.74) is 0.759. The number of carbonyl (C=O) groups is 1. The highest BCUT2D eigenvalue weighted by molar-refractivity contribution is 6.07. The highest BCUT2D eigenvalue weighted by atomic mass is 16.6. The summed E-state index contributed by atoms with van der Waals surface area (Å²) in [6.07, 6.45) is 2.86. The lowest BCUT2D eigenvalue weighted by molar-refractivity contribution is -0.384. The Morgan fingerprint density at radius 2 is 2.05 bits per heavy atom. The number of carbonyl (C=O) groups excluding carboxylic acids is 1. The van der Waals surface area contributed by atoms with Gasteiger partial charge in [0, 0.05) is 17.7 Å². The van der Waals surface area contributed by atoms with E-state index in [1.165, 1.54) is 43.5 Å². The van der Waals surface area contributed by atoms with Crippen molar-refractivity contribution >= 4 is 17.5 Å². The van der Waals surface area contributed by atoms with Gasteiger partial charge in [0.2, 0.25) is 0 Å². The van der Waals surface area contributed by atoms with Crippen molar-refractivity contribution in [1.29, 1.82) is 0 Å². The molecule has 0 spiro atoms. The molecule has 0 unspecified atom stereocenters. The summed E-state index contributed by atoms with van der Waals surface area (Å²) in [4.78, 5) is 22.2. The van der Waals surface area contributed by atoms with Gasteiger partial charge in [0.05, 0.1) is 12.0 Å². The number of nitro benzene ring substituents is 1. The minimum Gasteiger partial charge on any atom is -0.504 e. The minimum atomic E-state index is -0.550. The van der Waals surface area contributed by atoms with E-state index in [4.69, 9.17) is 4.74 Å². The molecule has 0 atom stereocenters. The van der Waals surface area contributed by atoms with Crippen molar-refractivity contribution in [1.82, 2.24) is 0 Å². The largest absolute Gasteiger partial charge is 0.504 e. The number of rotatable bonds is 5. The second-order valence-corrected chi connectivity index (χ2v) is 4.44. The quantitative estimate of drug-likeness (QED) is 0.396. The topological polar surface area (TPSA) is 89.7 Å². The fourth-order valence-corrected chi connectivity index (χ4v) is 1.84. The van der Waals surface area contributed by atoms with Gasteiger partial charge >= 0.3 is 0 Å². The number of ether oxygens (including phenoxy) is 1. The second kappa shape index (κ2) is 6.53. The van der Waals surface area contributed by atoms with Gasteiger partial charge < -0.3 is 9.84 Å². The van der Waals surface area contributed by atoms with Crippen LogP contribution in [-0.2, 0) is 0 Å². The van der Waals surface area contributed by atoms with Crippen LogP contribution in [0.1, 0.15) is 15.9 Å². The third-order valence-corrected chi connectivity index (χ3v) is 2.97. The van der Waals surface area contributed by atoms with Crippen LogP contribution in [0.3, 0.4) is 0 Å². The minimum absolute atomic E-state index is 0.00432. The van der Waals surface area contributed by atoms with E-state index in [1.807, 2.05) is 0 Å². The number of phenols is 1. The summed E-state index contributed by atoms with van der Waals surface area (Å²) in [6.45, 7) is 0. The van der Waals surface area contributed by atoms with Crippen molar-refractivity contribution in [2.75, 3.05) is 7.11 Å². The molecule has 0 amide bonds. The average molecular weight is 299 g/mol. The Hall–Kier alpha value is -3.15. The Kier molecular flexibility index (Phi) is 4.53. The molecule has 0 aliphatic heterocycles. The molecule has 0 fully saturated rings. The number of hydrogen-bond donors (Lipinski definition) is 1. The van der Waals surface area contributed by atoms with Crippen molar-refractivity contribution in [3.8, 4) is 11.5 Å². The van der Waals surface area contributed by atoms with Gasteiger partial charge in [0.25, 0.3) is 5.69 Å². The normalized spacial score (nSPS) is 10.6. The molecule has 0 saturated heterocycles. The summed E-state index contributed by atoms with van der Waals surface area (Å²) >= 11 is 0. The molecule has 0 aliphatic rings. The number of methoxy groups -OCH3 is 1. The molecule has 2 aromatic rings. The van der Waals surface area contributed by atoms with E-state index >= 15 is 0 Å². The molecule has 0 bridgehead atoms. The van der Waals surface area contributed by atoms with Gasteiger partial charge in [-0.1, -0.05) is 24.3 Å². The van der Waals surface area contributed by atoms with Crippen LogP contribution in [0.4, 0.5) is 5.69 Å². The molecule has 22 heavy (non-hydrogen) atoms. The van der Waals surface area contributed by atoms with Crippen molar-refractivity contribution in [3.63, 3.8) is 0 Å². The molecule has 0 heterocycles. The van der Waals surface area contributed by atoms with Crippen LogP contribution in [0.2, 0.25) is 0 Å². The van der Waals surface area contributed by atoms with Crippen LogP contribution in [0.15, 0.2) is 48.5 Å². The number of benzene rings is 2. The molecule has 0 aromatic heterocycles. The molecule has 6 nitrogen and oxygen atoms in total. The van der Waals surface area contributed by atoms with E-state index in [2.05, 4.69) is 0 Å². The average Bonchev–Trinajstić information content (AvgIpc) is 2.53. The molecule has 0 radical (unpaired) electrons. The van der Waals surface area contributed by atoms with Gasteiger partial charge in [-0.25, -0.2) is 0 Å². The number of hydrogen-bond acceptors (Lipinski definition) is 5. The first-order chi connectivity index (χ1) is 10.5. The van der Waals surface area contributed by atoms with Crippen LogP contribution >= 0.6 is 0 Å². The van der Waals surface area contributed by atoms with Crippen LogP contribution in [0.25, 0.3) is 6.08 Å². The van der Waals surface area contributed by atoms with E-state index < -0.39 is 4.92 Å². The third kappa shape index (κ3) is 3.49. The van der Waals surface area contributed by atoms with Crippen LogP contribution in [0.5, 0.6) is 11.5 Å². The van der Waals surface area contributed by atoms with Gasteiger partial charge in [-0.15, -0.1) is 0 Å². The van der Waals surface area contributed by atoms with Crippen molar-refractivity contribution in [2.45, 2.75) is 0 Å². The predicted octanol–water partition coefficient (Wildman–Crippen LogP) is 3.21. The van der Waals surface area contributed by atoms with Gasteiger partial charge in [-0.3, -0.25) is 14.9 Å². The number of non-ortho nitro benzene ring substituents is 1. The lowest BCUT2D eigenvalue weighted by atomic mass is 10.1. The zero-order valence-electron chi connectivity index (χ0n) is 11.7. The monoisotopic (exact) mass is 299 g/mol. The first-order valence-corrected chi connectivity index (χ1v) is 6.35. The second-order valence-electron chi connectivity index (χ2n) is 4.44.